The Balaban J connectivity index is 1.46. The van der Waals surface area contributed by atoms with Gasteiger partial charge in [-0.15, -0.1) is 0 Å². The molecule has 1 aromatic rings. The van der Waals surface area contributed by atoms with Crippen molar-refractivity contribution < 1.29 is 39.2 Å². The number of rotatable bonds is 7. The summed E-state index contributed by atoms with van der Waals surface area (Å²) in [4.78, 5) is 39.7. The Morgan fingerprint density at radius 1 is 1.13 bits per heavy atom. The van der Waals surface area contributed by atoms with Gasteiger partial charge in [-0.25, -0.2) is 9.59 Å². The zero-order chi connectivity index (χ0) is 28.4. The van der Waals surface area contributed by atoms with Crippen LogP contribution in [-0.2, 0) is 14.3 Å². The lowest BCUT2D eigenvalue weighted by Gasteiger charge is -2.60. The molecule has 1 heterocycles. The quantitative estimate of drug-likeness (QED) is 0.382. The summed E-state index contributed by atoms with van der Waals surface area (Å²) in [5.41, 5.74) is -0.507. The van der Waals surface area contributed by atoms with Gasteiger partial charge in [0.15, 0.2) is 0 Å². The van der Waals surface area contributed by atoms with Crippen molar-refractivity contribution in [2.45, 2.75) is 77.6 Å². The first-order valence-electron chi connectivity index (χ1n) is 14.0. The van der Waals surface area contributed by atoms with Gasteiger partial charge < -0.3 is 29.7 Å². The van der Waals surface area contributed by atoms with Crippen molar-refractivity contribution >= 4 is 23.7 Å². The van der Waals surface area contributed by atoms with E-state index in [0.717, 1.165) is 0 Å². The van der Waals surface area contributed by atoms with Gasteiger partial charge in [-0.2, -0.15) is 0 Å². The molecule has 0 bridgehead atoms. The van der Waals surface area contributed by atoms with Gasteiger partial charge in [0.05, 0.1) is 31.0 Å². The molecule has 4 N–H and O–H groups in total. The third kappa shape index (κ3) is 5.93. The molecule has 2 aliphatic carbocycles. The smallest absolute Gasteiger partial charge is 0.411 e. The number of fused-ring (bicyclic) bond motifs is 1. The fraction of sp³-hybridized carbons (Fsp3) is 0.690. The number of aliphatic hydroxyl groups is 3. The van der Waals surface area contributed by atoms with Gasteiger partial charge in [0, 0.05) is 30.6 Å². The first kappa shape index (κ1) is 29.3. The number of anilines is 1. The average molecular weight is 547 g/mol. The monoisotopic (exact) mass is 546 g/mol. The van der Waals surface area contributed by atoms with E-state index in [0.29, 0.717) is 56.4 Å². The number of hydrogen-bond acceptors (Lipinski definition) is 8. The Hall–Kier alpha value is -2.69. The van der Waals surface area contributed by atoms with Gasteiger partial charge in [-0.05, 0) is 74.5 Å². The molecule has 1 aliphatic heterocycles. The van der Waals surface area contributed by atoms with Crippen molar-refractivity contribution in [2.75, 3.05) is 31.6 Å². The van der Waals surface area contributed by atoms with E-state index >= 15 is 0 Å². The van der Waals surface area contributed by atoms with Crippen molar-refractivity contribution in [3.63, 3.8) is 0 Å². The lowest BCUT2D eigenvalue weighted by molar-refractivity contribution is -0.186. The second-order valence-corrected chi connectivity index (χ2v) is 11.8. The lowest BCUT2D eigenvalue weighted by atomic mass is 9.46. The molecule has 3 fully saturated rings. The SMILES string of the molecule is CCOC(=O)c1cccc(NC(=O)O[C@@H]2CC[C@]3(C)[C@@H](CC[C@@H](O)[C@H]3CC(=O)N3CC[C@@H](O)C3)[C@]2(C)CO)c1. The number of nitrogens with one attached hydrogen (secondary N) is 1. The molecule has 216 valence electrons. The lowest BCUT2D eigenvalue weighted by Crippen LogP contribution is -2.61. The summed E-state index contributed by atoms with van der Waals surface area (Å²) in [6, 6.07) is 6.41. The highest BCUT2D eigenvalue weighted by molar-refractivity contribution is 5.92. The number of carbonyl (C=O) groups is 3. The summed E-state index contributed by atoms with van der Waals surface area (Å²) < 4.78 is 10.9. The summed E-state index contributed by atoms with van der Waals surface area (Å²) in [5, 5.41) is 34.2. The van der Waals surface area contributed by atoms with Crippen molar-refractivity contribution in [1.29, 1.82) is 0 Å². The summed E-state index contributed by atoms with van der Waals surface area (Å²) in [5.74, 6) is -0.930. The van der Waals surface area contributed by atoms with Gasteiger partial charge in [-0.3, -0.25) is 10.1 Å². The van der Waals surface area contributed by atoms with Gasteiger partial charge in [0.1, 0.15) is 6.10 Å². The minimum atomic E-state index is -0.775. The largest absolute Gasteiger partial charge is 0.462 e. The van der Waals surface area contributed by atoms with Crippen molar-refractivity contribution in [3.05, 3.63) is 29.8 Å². The number of esters is 1. The predicted molar refractivity (Wildman–Crippen MR) is 143 cm³/mol. The highest BCUT2D eigenvalue weighted by Crippen LogP contribution is 2.61. The number of benzene rings is 1. The maximum Gasteiger partial charge on any atom is 0.411 e. The van der Waals surface area contributed by atoms with Crippen LogP contribution in [0, 0.1) is 22.7 Å². The van der Waals surface area contributed by atoms with E-state index in [1.54, 1.807) is 30.0 Å². The molecular formula is C29H42N2O8. The van der Waals surface area contributed by atoms with Crippen LogP contribution in [0.4, 0.5) is 10.5 Å². The van der Waals surface area contributed by atoms with Crippen molar-refractivity contribution in [3.8, 4) is 0 Å². The van der Waals surface area contributed by atoms with Gasteiger partial charge >= 0.3 is 12.1 Å². The van der Waals surface area contributed by atoms with Crippen LogP contribution in [0.3, 0.4) is 0 Å². The number of hydrogen-bond donors (Lipinski definition) is 4. The van der Waals surface area contributed by atoms with Crippen LogP contribution in [0.5, 0.6) is 0 Å². The predicted octanol–water partition coefficient (Wildman–Crippen LogP) is 2.95. The van der Waals surface area contributed by atoms with E-state index in [1.165, 1.54) is 6.07 Å². The highest BCUT2D eigenvalue weighted by atomic mass is 16.6. The normalized spacial score (nSPS) is 34.2. The zero-order valence-electron chi connectivity index (χ0n) is 23.1. The topological polar surface area (TPSA) is 146 Å². The van der Waals surface area contributed by atoms with Gasteiger partial charge in [-0.1, -0.05) is 19.9 Å². The third-order valence-electron chi connectivity index (χ3n) is 9.46. The first-order chi connectivity index (χ1) is 18.5. The van der Waals surface area contributed by atoms with E-state index in [2.05, 4.69) is 12.2 Å². The number of nitrogens with zero attached hydrogens (tertiary/aromatic N) is 1. The van der Waals surface area contributed by atoms with Crippen LogP contribution in [-0.4, -0.2) is 82.8 Å². The fourth-order valence-corrected chi connectivity index (χ4v) is 7.28. The molecule has 2 amide bonds. The molecule has 2 saturated carbocycles. The Kier molecular flexibility index (Phi) is 8.88. The third-order valence-corrected chi connectivity index (χ3v) is 9.46. The van der Waals surface area contributed by atoms with E-state index < -0.39 is 41.2 Å². The molecule has 0 spiro atoms. The van der Waals surface area contributed by atoms with Crippen LogP contribution in [0.1, 0.15) is 69.7 Å². The Labute approximate surface area is 229 Å². The minimum absolute atomic E-state index is 0.0639. The van der Waals surface area contributed by atoms with Crippen LogP contribution in [0.15, 0.2) is 24.3 Å². The summed E-state index contributed by atoms with van der Waals surface area (Å²) >= 11 is 0. The van der Waals surface area contributed by atoms with E-state index in [-0.39, 0.29) is 37.4 Å². The number of likely N-dealkylation sites (tertiary alicyclic amines) is 1. The number of β-amino-alcohol motifs (C(OH)–C–C–N with tert-alkyl or cyclic N) is 1. The van der Waals surface area contributed by atoms with Crippen LogP contribution >= 0.6 is 0 Å². The highest BCUT2D eigenvalue weighted by Gasteiger charge is 2.60. The second-order valence-electron chi connectivity index (χ2n) is 11.8. The zero-order valence-corrected chi connectivity index (χ0v) is 23.1. The van der Waals surface area contributed by atoms with Crippen molar-refractivity contribution in [2.24, 2.45) is 22.7 Å². The van der Waals surface area contributed by atoms with Crippen molar-refractivity contribution in [1.82, 2.24) is 4.90 Å². The molecule has 0 aromatic heterocycles. The van der Waals surface area contributed by atoms with Crippen LogP contribution in [0.25, 0.3) is 0 Å². The molecule has 39 heavy (non-hydrogen) atoms. The van der Waals surface area contributed by atoms with Crippen LogP contribution in [0.2, 0.25) is 0 Å². The average Bonchev–Trinajstić information content (AvgIpc) is 3.34. The van der Waals surface area contributed by atoms with E-state index in [9.17, 15) is 29.7 Å². The molecule has 1 saturated heterocycles. The molecule has 0 unspecified atom stereocenters. The number of aliphatic hydroxyl groups excluding tert-OH is 3. The maximum atomic E-state index is 13.1. The number of amides is 2. The van der Waals surface area contributed by atoms with E-state index in [4.69, 9.17) is 9.47 Å². The van der Waals surface area contributed by atoms with Gasteiger partial charge in [0.25, 0.3) is 0 Å². The fourth-order valence-electron chi connectivity index (χ4n) is 7.28. The van der Waals surface area contributed by atoms with Gasteiger partial charge in [0.2, 0.25) is 5.91 Å². The maximum absolute atomic E-state index is 13.1. The molecule has 10 nitrogen and oxygen atoms in total. The summed E-state index contributed by atoms with van der Waals surface area (Å²) in [6.07, 6.45) is 0.590. The molecule has 4 rings (SSSR count). The van der Waals surface area contributed by atoms with Crippen LogP contribution < -0.4 is 5.32 Å². The van der Waals surface area contributed by atoms with E-state index in [1.807, 2.05) is 6.92 Å². The molecule has 0 radical (unpaired) electrons. The summed E-state index contributed by atoms with van der Waals surface area (Å²) in [6.45, 7) is 6.60. The molecular weight excluding hydrogens is 504 g/mol. The molecule has 7 atom stereocenters. The number of carbonyl (C=O) groups excluding carboxylic acids is 3. The summed E-state index contributed by atoms with van der Waals surface area (Å²) in [7, 11) is 0. The Morgan fingerprint density at radius 2 is 1.90 bits per heavy atom. The molecule has 3 aliphatic rings. The number of ether oxygens (including phenoxy) is 2. The standard InChI is InChI=1S/C29H42N2O8/c1-4-38-26(36)18-6-5-7-19(14-18)30-27(37)39-24-10-12-28(2)21(15-25(35)31-13-11-20(33)16-31)22(34)8-9-23(28)29(24,3)17-32/h5-7,14,20-24,32-34H,4,8-13,15-17H2,1-3H3,(H,30,37)/t20-,21-,22-,23-,24-,28+,29+/m1/s1. The minimum Gasteiger partial charge on any atom is -0.462 e. The first-order valence-corrected chi connectivity index (χ1v) is 14.0. The molecule has 1 aromatic carbocycles. The Bertz CT molecular complexity index is 1070. The molecule has 10 heteroatoms. The second kappa shape index (κ2) is 11.8. The Morgan fingerprint density at radius 3 is 2.56 bits per heavy atom.